The molecule has 0 bridgehead atoms. The average molecular weight is 369 g/mol. The molecule has 4 rings (SSSR count). The van der Waals surface area contributed by atoms with Crippen LogP contribution in [0.5, 0.6) is 5.75 Å². The summed E-state index contributed by atoms with van der Waals surface area (Å²) in [5.41, 5.74) is 2.34. The van der Waals surface area contributed by atoms with Crippen molar-refractivity contribution in [3.05, 3.63) is 29.3 Å². The van der Waals surface area contributed by atoms with Crippen LogP contribution in [0.1, 0.15) is 83.8 Å². The van der Waals surface area contributed by atoms with E-state index in [1.165, 1.54) is 11.1 Å². The number of hydrogen-bond acceptors (Lipinski definition) is 3. The second kappa shape index (κ2) is 5.93. The van der Waals surface area contributed by atoms with Crippen LogP contribution >= 0.6 is 0 Å². The number of aryl methyl sites for hydroxylation is 1. The van der Waals surface area contributed by atoms with Gasteiger partial charge in [0.15, 0.2) is 0 Å². The molecule has 0 spiro atoms. The van der Waals surface area contributed by atoms with Gasteiger partial charge in [-0.05, 0) is 93.4 Å². The van der Waals surface area contributed by atoms with Crippen molar-refractivity contribution in [1.82, 2.24) is 0 Å². The van der Waals surface area contributed by atoms with Crippen molar-refractivity contribution in [1.29, 1.82) is 0 Å². The van der Waals surface area contributed by atoms with E-state index in [0.29, 0.717) is 23.4 Å². The molecule has 0 heterocycles. The molecule has 0 radical (unpaired) electrons. The van der Waals surface area contributed by atoms with Gasteiger partial charge in [0.25, 0.3) is 0 Å². The minimum atomic E-state index is -0.503. The van der Waals surface area contributed by atoms with Gasteiger partial charge in [0.1, 0.15) is 11.5 Å². The van der Waals surface area contributed by atoms with Gasteiger partial charge in [-0.3, -0.25) is 9.59 Å². The molecule has 27 heavy (non-hydrogen) atoms. The zero-order valence-corrected chi connectivity index (χ0v) is 17.4. The Hall–Kier alpha value is -1.64. The summed E-state index contributed by atoms with van der Waals surface area (Å²) in [6, 6.07) is 6.22. The molecule has 2 saturated carbocycles. The highest BCUT2D eigenvalue weighted by Gasteiger charge is 2.59. The number of ketones is 1. The lowest BCUT2D eigenvalue weighted by atomic mass is 9.48. The van der Waals surface area contributed by atoms with E-state index >= 15 is 0 Å². The quantitative estimate of drug-likeness (QED) is 0.489. The zero-order chi connectivity index (χ0) is 19.6. The first-order valence-electron chi connectivity index (χ1n) is 10.4. The number of ether oxygens (including phenoxy) is 1. The monoisotopic (exact) mass is 368 g/mol. The summed E-state index contributed by atoms with van der Waals surface area (Å²) in [5.74, 6) is 1.97. The first-order chi connectivity index (χ1) is 12.6. The van der Waals surface area contributed by atoms with Crippen molar-refractivity contribution in [2.24, 2.45) is 22.2 Å². The molecule has 3 aliphatic carbocycles. The highest BCUT2D eigenvalue weighted by Crippen LogP contribution is 2.65. The van der Waals surface area contributed by atoms with E-state index in [1.807, 2.05) is 26.8 Å². The van der Waals surface area contributed by atoms with Crippen LogP contribution in [0, 0.1) is 22.2 Å². The van der Waals surface area contributed by atoms with E-state index < -0.39 is 5.41 Å². The number of rotatable bonds is 1. The summed E-state index contributed by atoms with van der Waals surface area (Å²) in [6.07, 6.45) is 6.04. The Labute approximate surface area is 162 Å². The smallest absolute Gasteiger partial charge is 0.316 e. The lowest BCUT2D eigenvalue weighted by Gasteiger charge is -2.55. The Morgan fingerprint density at radius 1 is 1.11 bits per heavy atom. The molecule has 0 aliphatic heterocycles. The number of fused-ring (bicyclic) bond motifs is 5. The normalized spacial score (nSPS) is 35.2. The molecule has 0 saturated heterocycles. The summed E-state index contributed by atoms with van der Waals surface area (Å²) in [4.78, 5) is 24.8. The van der Waals surface area contributed by atoms with Crippen LogP contribution in [0.25, 0.3) is 0 Å². The van der Waals surface area contributed by atoms with Crippen molar-refractivity contribution in [3.8, 4) is 5.75 Å². The van der Waals surface area contributed by atoms with Crippen LogP contribution in [0.15, 0.2) is 18.2 Å². The van der Waals surface area contributed by atoms with Gasteiger partial charge in [-0.1, -0.05) is 19.9 Å². The molecule has 0 unspecified atom stereocenters. The Balaban J connectivity index is 1.63. The number of hydrogen-bond donors (Lipinski definition) is 0. The summed E-state index contributed by atoms with van der Waals surface area (Å²) in [7, 11) is 0. The second-order valence-electron chi connectivity index (χ2n) is 10.5. The summed E-state index contributed by atoms with van der Waals surface area (Å²) >= 11 is 0. The van der Waals surface area contributed by atoms with Gasteiger partial charge in [-0.2, -0.15) is 0 Å². The minimum Gasteiger partial charge on any atom is -0.426 e. The Morgan fingerprint density at radius 3 is 2.56 bits per heavy atom. The molecule has 0 aromatic heterocycles. The summed E-state index contributed by atoms with van der Waals surface area (Å²) in [5, 5.41) is 0. The third-order valence-electron chi connectivity index (χ3n) is 7.86. The van der Waals surface area contributed by atoms with Crippen LogP contribution < -0.4 is 4.74 Å². The number of esters is 1. The second-order valence-corrected chi connectivity index (χ2v) is 10.5. The largest absolute Gasteiger partial charge is 0.426 e. The molecule has 4 atom stereocenters. The number of carbonyl (C=O) groups is 2. The molecule has 3 aliphatic rings. The van der Waals surface area contributed by atoms with Crippen LogP contribution in [-0.4, -0.2) is 11.8 Å². The van der Waals surface area contributed by atoms with Crippen LogP contribution in [-0.2, 0) is 16.0 Å². The first kappa shape index (κ1) is 18.7. The fraction of sp³-hybridized carbons (Fsp3) is 0.667. The van der Waals surface area contributed by atoms with Crippen LogP contribution in [0.3, 0.4) is 0 Å². The summed E-state index contributed by atoms with van der Waals surface area (Å²) in [6.45, 7) is 10.3. The maximum atomic E-state index is 12.6. The van der Waals surface area contributed by atoms with Gasteiger partial charge in [-0.25, -0.2) is 0 Å². The van der Waals surface area contributed by atoms with E-state index in [1.54, 1.807) is 0 Å². The highest BCUT2D eigenvalue weighted by molar-refractivity contribution is 5.87. The fourth-order valence-corrected chi connectivity index (χ4v) is 6.19. The van der Waals surface area contributed by atoms with E-state index in [-0.39, 0.29) is 16.8 Å². The molecule has 2 fully saturated rings. The van der Waals surface area contributed by atoms with Gasteiger partial charge in [-0.15, -0.1) is 0 Å². The van der Waals surface area contributed by atoms with Gasteiger partial charge >= 0.3 is 5.97 Å². The molecular weight excluding hydrogens is 336 g/mol. The Bertz CT molecular complexity index is 802. The minimum absolute atomic E-state index is 0.106. The number of benzene rings is 1. The molecular formula is C24H32O3. The van der Waals surface area contributed by atoms with Gasteiger partial charge < -0.3 is 4.74 Å². The Morgan fingerprint density at radius 2 is 1.85 bits per heavy atom. The predicted molar refractivity (Wildman–Crippen MR) is 106 cm³/mol. The topological polar surface area (TPSA) is 43.4 Å². The molecule has 3 heteroatoms. The number of carbonyl (C=O) groups excluding carboxylic acids is 2. The SMILES string of the molecule is CC(C)(C)C(=O)Oc1ccc2c(c1)CC[C@]1(C)[C@@H]2CC[C@]2(C)C(=O)CC[C@@H]12. The molecule has 3 nitrogen and oxygen atoms in total. The van der Waals surface area contributed by atoms with E-state index in [9.17, 15) is 9.59 Å². The van der Waals surface area contributed by atoms with E-state index in [4.69, 9.17) is 4.74 Å². The summed E-state index contributed by atoms with van der Waals surface area (Å²) < 4.78 is 5.62. The lowest BCUT2D eigenvalue weighted by Crippen LogP contribution is -2.49. The Kier molecular flexibility index (Phi) is 4.11. The molecule has 1 aromatic carbocycles. The molecule has 0 N–H and O–H groups in total. The van der Waals surface area contributed by atoms with Crippen molar-refractivity contribution >= 4 is 11.8 Å². The molecule has 0 amide bonds. The van der Waals surface area contributed by atoms with Gasteiger partial charge in [0.2, 0.25) is 0 Å². The van der Waals surface area contributed by atoms with E-state index in [0.717, 1.165) is 38.5 Å². The highest BCUT2D eigenvalue weighted by atomic mass is 16.5. The first-order valence-corrected chi connectivity index (χ1v) is 10.4. The van der Waals surface area contributed by atoms with Gasteiger partial charge in [0.05, 0.1) is 5.41 Å². The fourth-order valence-electron chi connectivity index (χ4n) is 6.19. The van der Waals surface area contributed by atoms with Crippen LogP contribution in [0.4, 0.5) is 0 Å². The predicted octanol–water partition coefficient (Wildman–Crippen LogP) is 5.45. The molecule has 146 valence electrons. The molecule has 1 aromatic rings. The van der Waals surface area contributed by atoms with Crippen molar-refractivity contribution in [2.75, 3.05) is 0 Å². The standard InChI is InChI=1S/C24H32O3/c1-22(2,3)21(26)27-16-6-7-17-15(14-16)10-12-23(4)18(17)11-13-24(5)19(23)8-9-20(24)25/h6-7,14,18-19H,8-13H2,1-5H3/t18-,19+,23-,24+/m1/s1. The van der Waals surface area contributed by atoms with Crippen molar-refractivity contribution in [2.45, 2.75) is 79.1 Å². The van der Waals surface area contributed by atoms with Crippen molar-refractivity contribution in [3.63, 3.8) is 0 Å². The van der Waals surface area contributed by atoms with E-state index in [2.05, 4.69) is 26.0 Å². The number of Topliss-reactive ketones (excluding diaryl/α,β-unsaturated/α-hetero) is 1. The maximum Gasteiger partial charge on any atom is 0.316 e. The maximum absolute atomic E-state index is 12.6. The third kappa shape index (κ3) is 2.77. The third-order valence-corrected chi connectivity index (χ3v) is 7.86. The van der Waals surface area contributed by atoms with Gasteiger partial charge in [0, 0.05) is 11.8 Å². The lowest BCUT2D eigenvalue weighted by molar-refractivity contribution is -0.143. The zero-order valence-electron chi connectivity index (χ0n) is 17.4. The average Bonchev–Trinajstić information content (AvgIpc) is 2.90. The van der Waals surface area contributed by atoms with Crippen LogP contribution in [0.2, 0.25) is 0 Å². The van der Waals surface area contributed by atoms with Crippen molar-refractivity contribution < 1.29 is 14.3 Å².